The molecule has 0 fully saturated rings. The quantitative estimate of drug-likeness (QED) is 0.694. The normalized spacial score (nSPS) is 11.9. The zero-order valence-corrected chi connectivity index (χ0v) is 10.5. The molecule has 0 aliphatic carbocycles. The van der Waals surface area contributed by atoms with Crippen LogP contribution in [0.2, 0.25) is 0 Å². The van der Waals surface area contributed by atoms with Crippen LogP contribution in [0, 0.1) is 0 Å². The zero-order valence-electron chi connectivity index (χ0n) is 10.5. The first-order valence-corrected chi connectivity index (χ1v) is 5.97. The van der Waals surface area contributed by atoms with Crippen LogP contribution in [0.5, 0.6) is 0 Å². The van der Waals surface area contributed by atoms with E-state index in [9.17, 15) is 9.59 Å². The second-order valence-corrected chi connectivity index (χ2v) is 4.18. The lowest BCUT2D eigenvalue weighted by Gasteiger charge is -2.13. The van der Waals surface area contributed by atoms with Crippen molar-refractivity contribution in [2.45, 2.75) is 32.2 Å². The monoisotopic (exact) mass is 249 g/mol. The van der Waals surface area contributed by atoms with Gasteiger partial charge in [-0.05, 0) is 18.1 Å². The summed E-state index contributed by atoms with van der Waals surface area (Å²) in [5.41, 5.74) is 12.2. The molecular weight excluding hydrogens is 230 g/mol. The number of carbonyl (C=O) groups is 2. The highest BCUT2D eigenvalue weighted by atomic mass is 16.2. The molecule has 0 saturated carbocycles. The smallest absolute Gasteiger partial charge is 0.241 e. The number of hydrogen-bond donors (Lipinski definition) is 3. The van der Waals surface area contributed by atoms with Crippen LogP contribution in [0.1, 0.15) is 25.3 Å². The number of benzene rings is 1. The molecule has 1 atom stereocenters. The molecule has 0 spiro atoms. The highest BCUT2D eigenvalue weighted by Gasteiger charge is 2.14. The van der Waals surface area contributed by atoms with Crippen molar-refractivity contribution in [3.05, 3.63) is 29.8 Å². The molecule has 1 aromatic rings. The number of hydrogen-bond acceptors (Lipinski definition) is 3. The van der Waals surface area contributed by atoms with Crippen LogP contribution in [-0.2, 0) is 16.0 Å². The predicted octanol–water partition coefficient (Wildman–Crippen LogP) is 0.780. The largest absolute Gasteiger partial charge is 0.369 e. The lowest BCUT2D eigenvalue weighted by atomic mass is 10.1. The highest BCUT2D eigenvalue weighted by molar-refractivity contribution is 5.95. The number of nitrogens with one attached hydrogen (secondary N) is 1. The van der Waals surface area contributed by atoms with E-state index in [1.54, 1.807) is 24.3 Å². The molecule has 0 saturated heterocycles. The van der Waals surface area contributed by atoms with E-state index >= 15 is 0 Å². The van der Waals surface area contributed by atoms with Crippen LogP contribution < -0.4 is 16.8 Å². The maximum Gasteiger partial charge on any atom is 0.241 e. The first-order chi connectivity index (χ1) is 8.54. The van der Waals surface area contributed by atoms with E-state index in [-0.39, 0.29) is 12.3 Å². The molecule has 0 aliphatic rings. The second-order valence-electron chi connectivity index (χ2n) is 4.18. The van der Waals surface area contributed by atoms with Crippen LogP contribution in [0.15, 0.2) is 24.3 Å². The molecule has 2 amide bonds. The number of anilines is 1. The van der Waals surface area contributed by atoms with E-state index in [1.165, 1.54) is 0 Å². The van der Waals surface area contributed by atoms with Gasteiger partial charge >= 0.3 is 0 Å². The number of primary amides is 1. The van der Waals surface area contributed by atoms with Crippen molar-refractivity contribution in [2.24, 2.45) is 11.5 Å². The van der Waals surface area contributed by atoms with Gasteiger partial charge in [0.1, 0.15) is 0 Å². The first kappa shape index (κ1) is 14.2. The molecule has 98 valence electrons. The van der Waals surface area contributed by atoms with E-state index in [2.05, 4.69) is 5.32 Å². The molecule has 0 heterocycles. The van der Waals surface area contributed by atoms with Gasteiger partial charge in [0.05, 0.1) is 12.5 Å². The predicted molar refractivity (Wildman–Crippen MR) is 70.9 cm³/mol. The molecule has 0 aliphatic heterocycles. The molecule has 0 radical (unpaired) electrons. The summed E-state index contributed by atoms with van der Waals surface area (Å²) in [6, 6.07) is 6.53. The van der Waals surface area contributed by atoms with Gasteiger partial charge < -0.3 is 16.8 Å². The summed E-state index contributed by atoms with van der Waals surface area (Å²) in [5, 5.41) is 2.73. The highest BCUT2D eigenvalue weighted by Crippen LogP contribution is 2.16. The van der Waals surface area contributed by atoms with Crippen LogP contribution >= 0.6 is 0 Å². The van der Waals surface area contributed by atoms with Gasteiger partial charge in [-0.3, -0.25) is 9.59 Å². The SMILES string of the molecule is CCC[C@@H](N)C(=O)Nc1ccccc1CC(N)=O. The third kappa shape index (κ3) is 4.18. The Kier molecular flexibility index (Phi) is 5.32. The molecular formula is C13H19N3O2. The van der Waals surface area contributed by atoms with Gasteiger partial charge in [-0.25, -0.2) is 0 Å². The topological polar surface area (TPSA) is 98.2 Å². The third-order valence-electron chi connectivity index (χ3n) is 2.58. The Morgan fingerprint density at radius 2 is 2.00 bits per heavy atom. The van der Waals surface area contributed by atoms with Gasteiger partial charge in [0, 0.05) is 5.69 Å². The fourth-order valence-electron chi connectivity index (χ4n) is 1.65. The van der Waals surface area contributed by atoms with Crippen LogP contribution in [0.4, 0.5) is 5.69 Å². The van der Waals surface area contributed by atoms with Gasteiger partial charge in [-0.1, -0.05) is 31.5 Å². The average Bonchev–Trinajstić information content (AvgIpc) is 2.31. The van der Waals surface area contributed by atoms with Crippen molar-refractivity contribution in [3.63, 3.8) is 0 Å². The first-order valence-electron chi connectivity index (χ1n) is 5.97. The average molecular weight is 249 g/mol. The molecule has 1 aromatic carbocycles. The summed E-state index contributed by atoms with van der Waals surface area (Å²) >= 11 is 0. The molecule has 0 bridgehead atoms. The maximum atomic E-state index is 11.8. The number of rotatable bonds is 6. The Balaban J connectivity index is 2.77. The summed E-state index contributed by atoms with van der Waals surface area (Å²) in [5.74, 6) is -0.677. The van der Waals surface area contributed by atoms with Crippen molar-refractivity contribution in [1.82, 2.24) is 0 Å². The number of carbonyl (C=O) groups excluding carboxylic acids is 2. The molecule has 18 heavy (non-hydrogen) atoms. The molecule has 5 N–H and O–H groups in total. The van der Waals surface area contributed by atoms with Crippen molar-refractivity contribution in [1.29, 1.82) is 0 Å². The van der Waals surface area contributed by atoms with Gasteiger partial charge in [-0.15, -0.1) is 0 Å². The summed E-state index contributed by atoms with van der Waals surface area (Å²) in [4.78, 5) is 22.7. The third-order valence-corrected chi connectivity index (χ3v) is 2.58. The van der Waals surface area contributed by atoms with Crippen LogP contribution in [-0.4, -0.2) is 17.9 Å². The summed E-state index contributed by atoms with van der Waals surface area (Å²) in [6.45, 7) is 1.97. The Labute approximate surface area is 107 Å². The molecule has 1 rings (SSSR count). The number of nitrogens with two attached hydrogens (primary N) is 2. The van der Waals surface area contributed by atoms with Gasteiger partial charge in [-0.2, -0.15) is 0 Å². The Bertz CT molecular complexity index is 432. The zero-order chi connectivity index (χ0) is 13.5. The Morgan fingerprint density at radius 3 is 2.61 bits per heavy atom. The van der Waals surface area contributed by atoms with Crippen LogP contribution in [0.3, 0.4) is 0 Å². The van der Waals surface area contributed by atoms with Crippen molar-refractivity contribution < 1.29 is 9.59 Å². The van der Waals surface area contributed by atoms with Crippen LogP contribution in [0.25, 0.3) is 0 Å². The summed E-state index contributed by atoms with van der Waals surface area (Å²) < 4.78 is 0. The lowest BCUT2D eigenvalue weighted by molar-refractivity contribution is -0.118. The number of amides is 2. The van der Waals surface area contributed by atoms with E-state index in [1.807, 2.05) is 6.92 Å². The van der Waals surface area contributed by atoms with E-state index in [0.29, 0.717) is 17.7 Å². The fraction of sp³-hybridized carbons (Fsp3) is 0.385. The maximum absolute atomic E-state index is 11.8. The van der Waals surface area contributed by atoms with Crippen molar-refractivity contribution in [3.8, 4) is 0 Å². The lowest BCUT2D eigenvalue weighted by Crippen LogP contribution is -2.35. The van der Waals surface area contributed by atoms with Gasteiger partial charge in [0.15, 0.2) is 0 Å². The molecule has 5 heteroatoms. The molecule has 0 unspecified atom stereocenters. The molecule has 0 aromatic heterocycles. The van der Waals surface area contributed by atoms with Gasteiger partial charge in [0.2, 0.25) is 11.8 Å². The van der Waals surface area contributed by atoms with Crippen molar-refractivity contribution >= 4 is 17.5 Å². The molecule has 5 nitrogen and oxygen atoms in total. The van der Waals surface area contributed by atoms with Crippen molar-refractivity contribution in [2.75, 3.05) is 5.32 Å². The second kappa shape index (κ2) is 6.76. The number of para-hydroxylation sites is 1. The Morgan fingerprint density at radius 1 is 1.33 bits per heavy atom. The van der Waals surface area contributed by atoms with E-state index in [4.69, 9.17) is 11.5 Å². The summed E-state index contributed by atoms with van der Waals surface area (Å²) in [6.07, 6.45) is 1.57. The minimum absolute atomic E-state index is 0.0967. The van der Waals surface area contributed by atoms with Gasteiger partial charge in [0.25, 0.3) is 0 Å². The minimum atomic E-state index is -0.531. The van der Waals surface area contributed by atoms with E-state index < -0.39 is 11.9 Å². The summed E-state index contributed by atoms with van der Waals surface area (Å²) in [7, 11) is 0. The standard InChI is InChI=1S/C13H19N3O2/c1-2-5-10(14)13(18)16-11-7-4-3-6-9(11)8-12(15)17/h3-4,6-7,10H,2,5,8,14H2,1H3,(H2,15,17)(H,16,18)/t10-/m1/s1. The Hall–Kier alpha value is -1.88. The fourth-order valence-corrected chi connectivity index (χ4v) is 1.65. The minimum Gasteiger partial charge on any atom is -0.369 e. The van der Waals surface area contributed by atoms with E-state index in [0.717, 1.165) is 6.42 Å².